The van der Waals surface area contributed by atoms with Gasteiger partial charge in [-0.3, -0.25) is 0 Å². The molecule has 0 spiro atoms. The average Bonchev–Trinajstić information content (AvgIpc) is 2.87. The summed E-state index contributed by atoms with van der Waals surface area (Å²) in [6.45, 7) is 4.29. The Kier molecular flexibility index (Phi) is 4.30. The largest absolute Gasteiger partial charge is 0.366 e. The van der Waals surface area contributed by atoms with E-state index in [-0.39, 0.29) is 0 Å². The van der Waals surface area contributed by atoms with Crippen LogP contribution < -0.4 is 4.90 Å². The second-order valence-electron chi connectivity index (χ2n) is 5.82. The molecule has 0 N–H and O–H groups in total. The Labute approximate surface area is 135 Å². The highest BCUT2D eigenvalue weighted by molar-refractivity contribution is 9.10. The monoisotopic (exact) mass is 372 g/mol. The molecule has 6 heteroatoms. The maximum atomic E-state index is 13.0. The lowest BCUT2D eigenvalue weighted by molar-refractivity contribution is 0.382. The van der Waals surface area contributed by atoms with Gasteiger partial charge in [-0.15, -0.1) is 0 Å². The SMILES string of the molecule is CCCCN1C[C@@H]2CCCN2c2cc(Br)ccc2S1(=O)=O. The Hall–Kier alpha value is -0.590. The van der Waals surface area contributed by atoms with Crippen LogP contribution in [0.3, 0.4) is 0 Å². The fourth-order valence-electron chi connectivity index (χ4n) is 3.29. The van der Waals surface area contributed by atoms with Gasteiger partial charge in [0.25, 0.3) is 0 Å². The van der Waals surface area contributed by atoms with Crippen molar-refractivity contribution in [3.8, 4) is 0 Å². The van der Waals surface area contributed by atoms with E-state index in [0.717, 1.165) is 42.4 Å². The number of sulfonamides is 1. The van der Waals surface area contributed by atoms with Gasteiger partial charge in [0, 0.05) is 30.1 Å². The third kappa shape index (κ3) is 2.73. The zero-order valence-corrected chi connectivity index (χ0v) is 14.7. The van der Waals surface area contributed by atoms with Crippen LogP contribution in [0.25, 0.3) is 0 Å². The number of benzene rings is 1. The van der Waals surface area contributed by atoms with Crippen LogP contribution in [0, 0.1) is 0 Å². The molecule has 0 amide bonds. The van der Waals surface area contributed by atoms with E-state index in [2.05, 4.69) is 27.8 Å². The van der Waals surface area contributed by atoms with Gasteiger partial charge in [0.05, 0.1) is 5.69 Å². The number of fused-ring (bicyclic) bond motifs is 3. The van der Waals surface area contributed by atoms with Crippen molar-refractivity contribution in [3.63, 3.8) is 0 Å². The normalized spacial score (nSPS) is 24.5. The Morgan fingerprint density at radius 1 is 1.38 bits per heavy atom. The van der Waals surface area contributed by atoms with Crippen molar-refractivity contribution < 1.29 is 8.42 Å². The Bertz CT molecular complexity index is 633. The van der Waals surface area contributed by atoms with Gasteiger partial charge in [-0.1, -0.05) is 29.3 Å². The Balaban J connectivity index is 2.10. The standard InChI is InChI=1S/C15H21BrN2O2S/c1-2-3-8-17-11-13-5-4-9-18(13)14-10-12(16)6-7-15(14)21(17,19)20/h6-7,10,13H,2-5,8-9,11H2,1H3/t13-/m0/s1. The molecule has 21 heavy (non-hydrogen) atoms. The first kappa shape index (κ1) is 15.3. The van der Waals surface area contributed by atoms with E-state index in [1.807, 2.05) is 12.1 Å². The van der Waals surface area contributed by atoms with Gasteiger partial charge in [-0.25, -0.2) is 8.42 Å². The molecule has 0 aromatic heterocycles. The first-order valence-electron chi connectivity index (χ1n) is 7.60. The summed E-state index contributed by atoms with van der Waals surface area (Å²) < 4.78 is 28.5. The third-order valence-corrected chi connectivity index (χ3v) is 6.81. The van der Waals surface area contributed by atoms with Crippen LogP contribution in [-0.2, 0) is 10.0 Å². The van der Waals surface area contributed by atoms with Crippen LogP contribution in [-0.4, -0.2) is 38.4 Å². The summed E-state index contributed by atoms with van der Waals surface area (Å²) in [4.78, 5) is 2.75. The van der Waals surface area contributed by atoms with Crippen molar-refractivity contribution in [2.75, 3.05) is 24.5 Å². The minimum atomic E-state index is -3.38. The molecular formula is C15H21BrN2O2S. The zero-order valence-electron chi connectivity index (χ0n) is 12.3. The van der Waals surface area contributed by atoms with Crippen molar-refractivity contribution in [1.29, 1.82) is 0 Å². The minimum absolute atomic E-state index is 0.312. The van der Waals surface area contributed by atoms with Gasteiger partial charge in [-0.05, 0) is 37.5 Å². The molecule has 0 bridgehead atoms. The van der Waals surface area contributed by atoms with E-state index in [1.54, 1.807) is 10.4 Å². The second kappa shape index (κ2) is 5.89. The number of hydrogen-bond donors (Lipinski definition) is 0. The lowest BCUT2D eigenvalue weighted by atomic mass is 10.2. The Morgan fingerprint density at radius 2 is 2.19 bits per heavy atom. The van der Waals surface area contributed by atoms with Gasteiger partial charge in [-0.2, -0.15) is 4.31 Å². The molecule has 1 aromatic rings. The molecule has 1 fully saturated rings. The molecule has 2 aliphatic rings. The van der Waals surface area contributed by atoms with Crippen molar-refractivity contribution in [1.82, 2.24) is 4.31 Å². The van der Waals surface area contributed by atoms with Crippen LogP contribution in [0.5, 0.6) is 0 Å². The molecule has 0 saturated carbocycles. The lowest BCUT2D eigenvalue weighted by Crippen LogP contribution is -2.40. The zero-order chi connectivity index (χ0) is 15.0. The third-order valence-electron chi connectivity index (χ3n) is 4.40. The first-order chi connectivity index (χ1) is 10.0. The molecule has 1 atom stereocenters. The molecule has 0 aliphatic carbocycles. The van der Waals surface area contributed by atoms with Gasteiger partial charge in [0.1, 0.15) is 4.90 Å². The first-order valence-corrected chi connectivity index (χ1v) is 9.83. The maximum absolute atomic E-state index is 13.0. The van der Waals surface area contributed by atoms with E-state index in [1.165, 1.54) is 0 Å². The average molecular weight is 373 g/mol. The van der Waals surface area contributed by atoms with E-state index in [9.17, 15) is 8.42 Å². The summed E-state index contributed by atoms with van der Waals surface area (Å²) >= 11 is 3.47. The van der Waals surface area contributed by atoms with E-state index < -0.39 is 10.0 Å². The fourth-order valence-corrected chi connectivity index (χ4v) is 5.34. The van der Waals surface area contributed by atoms with E-state index >= 15 is 0 Å². The summed E-state index contributed by atoms with van der Waals surface area (Å²) in [6.07, 6.45) is 4.13. The molecule has 4 nitrogen and oxygen atoms in total. The number of nitrogens with zero attached hydrogens (tertiary/aromatic N) is 2. The predicted molar refractivity (Wildman–Crippen MR) is 88.2 cm³/mol. The van der Waals surface area contributed by atoms with Gasteiger partial charge in [0.15, 0.2) is 0 Å². The summed E-state index contributed by atoms with van der Waals surface area (Å²) in [5, 5.41) is 0. The maximum Gasteiger partial charge on any atom is 0.245 e. The number of anilines is 1. The van der Waals surface area contributed by atoms with Crippen molar-refractivity contribution >= 4 is 31.6 Å². The molecule has 0 radical (unpaired) electrons. The number of hydrogen-bond acceptors (Lipinski definition) is 3. The molecule has 1 aromatic carbocycles. The Morgan fingerprint density at radius 3 is 2.95 bits per heavy atom. The predicted octanol–water partition coefficient (Wildman–Crippen LogP) is 3.22. The second-order valence-corrected chi connectivity index (χ2v) is 8.64. The highest BCUT2D eigenvalue weighted by Crippen LogP contribution is 2.38. The van der Waals surface area contributed by atoms with Crippen LogP contribution in [0.4, 0.5) is 5.69 Å². The van der Waals surface area contributed by atoms with Gasteiger partial charge < -0.3 is 4.90 Å². The number of unbranched alkanes of at least 4 members (excludes halogenated alkanes) is 1. The van der Waals surface area contributed by atoms with Crippen molar-refractivity contribution in [3.05, 3.63) is 22.7 Å². The quantitative estimate of drug-likeness (QED) is 0.817. The highest BCUT2D eigenvalue weighted by Gasteiger charge is 2.38. The lowest BCUT2D eigenvalue weighted by Gasteiger charge is -2.26. The molecule has 0 unspecified atom stereocenters. The van der Waals surface area contributed by atoms with Crippen LogP contribution in [0.15, 0.2) is 27.6 Å². The van der Waals surface area contributed by atoms with Gasteiger partial charge >= 0.3 is 0 Å². The van der Waals surface area contributed by atoms with E-state index in [4.69, 9.17) is 0 Å². The van der Waals surface area contributed by atoms with Crippen LogP contribution >= 0.6 is 15.9 Å². The fraction of sp³-hybridized carbons (Fsp3) is 0.600. The van der Waals surface area contributed by atoms with Crippen molar-refractivity contribution in [2.24, 2.45) is 0 Å². The summed E-state index contributed by atoms with van der Waals surface area (Å²) in [7, 11) is -3.38. The highest BCUT2D eigenvalue weighted by atomic mass is 79.9. The van der Waals surface area contributed by atoms with Crippen LogP contribution in [0.2, 0.25) is 0 Å². The molecule has 116 valence electrons. The summed E-state index contributed by atoms with van der Waals surface area (Å²) in [5.41, 5.74) is 0.867. The minimum Gasteiger partial charge on any atom is -0.366 e. The topological polar surface area (TPSA) is 40.6 Å². The molecular weight excluding hydrogens is 352 g/mol. The summed E-state index contributed by atoms with van der Waals surface area (Å²) in [6, 6.07) is 5.83. The van der Waals surface area contributed by atoms with Crippen LogP contribution in [0.1, 0.15) is 32.6 Å². The van der Waals surface area contributed by atoms with Gasteiger partial charge in [0.2, 0.25) is 10.0 Å². The van der Waals surface area contributed by atoms with E-state index in [0.29, 0.717) is 24.0 Å². The molecule has 1 saturated heterocycles. The van der Waals surface area contributed by atoms with Crippen molar-refractivity contribution in [2.45, 2.75) is 43.5 Å². The molecule has 2 heterocycles. The summed E-state index contributed by atoms with van der Waals surface area (Å²) in [5.74, 6) is 0. The number of rotatable bonds is 3. The molecule has 2 aliphatic heterocycles. The smallest absolute Gasteiger partial charge is 0.245 e. The number of halogens is 1. The molecule has 3 rings (SSSR count).